The minimum atomic E-state index is -0.0489. The molecule has 0 bridgehead atoms. The van der Waals surface area contributed by atoms with Gasteiger partial charge in [-0.1, -0.05) is 6.92 Å². The highest BCUT2D eigenvalue weighted by Crippen LogP contribution is 2.40. The zero-order chi connectivity index (χ0) is 15.4. The highest BCUT2D eigenvalue weighted by molar-refractivity contribution is 9.10. The molecule has 1 aromatic heterocycles. The van der Waals surface area contributed by atoms with Gasteiger partial charge in [-0.2, -0.15) is 0 Å². The smallest absolute Gasteiger partial charge is 0.142 e. The van der Waals surface area contributed by atoms with E-state index in [4.69, 9.17) is 9.47 Å². The molecule has 0 spiro atoms. The molecule has 6 heteroatoms. The fourth-order valence-corrected chi connectivity index (χ4v) is 3.03. The van der Waals surface area contributed by atoms with Crippen molar-refractivity contribution < 1.29 is 9.47 Å². The molecule has 5 nitrogen and oxygen atoms in total. The lowest BCUT2D eigenvalue weighted by molar-refractivity contribution is 0.381. The molecule has 1 atom stereocenters. The van der Waals surface area contributed by atoms with Crippen LogP contribution in [0, 0.1) is 0 Å². The summed E-state index contributed by atoms with van der Waals surface area (Å²) in [6.07, 6.45) is 3.73. The minimum Gasteiger partial charge on any atom is -0.495 e. The number of benzene rings is 1. The second-order valence-electron chi connectivity index (χ2n) is 4.59. The predicted octanol–water partition coefficient (Wildman–Crippen LogP) is 2.90. The van der Waals surface area contributed by atoms with Crippen molar-refractivity contribution in [2.45, 2.75) is 13.0 Å². The molecule has 0 aliphatic carbocycles. The van der Waals surface area contributed by atoms with Gasteiger partial charge in [0.2, 0.25) is 0 Å². The van der Waals surface area contributed by atoms with Crippen LogP contribution in [0.5, 0.6) is 11.5 Å². The van der Waals surface area contributed by atoms with Crippen LogP contribution in [-0.2, 0) is 7.05 Å². The molecule has 0 aliphatic heterocycles. The normalized spacial score (nSPS) is 12.2. The van der Waals surface area contributed by atoms with Crippen LogP contribution in [0.1, 0.15) is 24.4 Å². The van der Waals surface area contributed by atoms with Crippen LogP contribution in [0.25, 0.3) is 0 Å². The summed E-state index contributed by atoms with van der Waals surface area (Å²) in [5.41, 5.74) is 1.02. The third-order valence-electron chi connectivity index (χ3n) is 3.35. The standard InChI is InChI=1S/C15H20BrN3O2/c1-5-17-13(15-18-8-9-19(15)2)10-6-7-11(20-3)12(16)14(10)21-4/h6-9,13,17H,5H2,1-4H3. The van der Waals surface area contributed by atoms with Crippen molar-refractivity contribution in [3.8, 4) is 11.5 Å². The molecule has 2 aromatic rings. The third-order valence-corrected chi connectivity index (χ3v) is 4.10. The van der Waals surface area contributed by atoms with Gasteiger partial charge in [0, 0.05) is 25.0 Å². The summed E-state index contributed by atoms with van der Waals surface area (Å²) in [6, 6.07) is 3.88. The summed E-state index contributed by atoms with van der Waals surface area (Å²) in [5, 5.41) is 3.46. The van der Waals surface area contributed by atoms with E-state index in [0.29, 0.717) is 0 Å². The number of rotatable bonds is 6. The molecule has 0 aliphatic rings. The number of aryl methyl sites for hydroxylation is 1. The Morgan fingerprint density at radius 3 is 2.62 bits per heavy atom. The first-order valence-electron chi connectivity index (χ1n) is 6.75. The van der Waals surface area contributed by atoms with E-state index >= 15 is 0 Å². The number of methoxy groups -OCH3 is 2. The Balaban J connectivity index is 2.55. The Labute approximate surface area is 133 Å². The predicted molar refractivity (Wildman–Crippen MR) is 86.0 cm³/mol. The maximum absolute atomic E-state index is 5.58. The lowest BCUT2D eigenvalue weighted by Crippen LogP contribution is -2.25. The highest BCUT2D eigenvalue weighted by atomic mass is 79.9. The van der Waals surface area contributed by atoms with Crippen molar-refractivity contribution in [3.05, 3.63) is 40.4 Å². The largest absolute Gasteiger partial charge is 0.495 e. The molecule has 1 N–H and O–H groups in total. The van der Waals surface area contributed by atoms with E-state index in [1.54, 1.807) is 20.4 Å². The van der Waals surface area contributed by atoms with Crippen molar-refractivity contribution >= 4 is 15.9 Å². The highest BCUT2D eigenvalue weighted by Gasteiger charge is 2.24. The Kier molecular flexibility index (Phi) is 5.25. The van der Waals surface area contributed by atoms with Crippen molar-refractivity contribution in [1.82, 2.24) is 14.9 Å². The van der Waals surface area contributed by atoms with Gasteiger partial charge >= 0.3 is 0 Å². The second-order valence-corrected chi connectivity index (χ2v) is 5.38. The van der Waals surface area contributed by atoms with Crippen LogP contribution >= 0.6 is 15.9 Å². The summed E-state index contributed by atoms with van der Waals surface area (Å²) in [6.45, 7) is 2.89. The molecule has 0 amide bonds. The van der Waals surface area contributed by atoms with Gasteiger partial charge in [0.1, 0.15) is 21.8 Å². The third kappa shape index (κ3) is 3.06. The first-order valence-corrected chi connectivity index (χ1v) is 7.54. The SMILES string of the molecule is CCNC(c1ccc(OC)c(Br)c1OC)c1nccn1C. The second kappa shape index (κ2) is 6.95. The van der Waals surface area contributed by atoms with Crippen molar-refractivity contribution in [2.24, 2.45) is 7.05 Å². The van der Waals surface area contributed by atoms with Gasteiger partial charge in [-0.3, -0.25) is 0 Å². The number of ether oxygens (including phenoxy) is 2. The lowest BCUT2D eigenvalue weighted by Gasteiger charge is -2.22. The zero-order valence-corrected chi connectivity index (χ0v) is 14.3. The molecule has 0 fully saturated rings. The van der Waals surface area contributed by atoms with Crippen LogP contribution in [0.3, 0.4) is 0 Å². The monoisotopic (exact) mass is 353 g/mol. The molecule has 1 aromatic carbocycles. The molecule has 114 valence electrons. The van der Waals surface area contributed by atoms with E-state index in [9.17, 15) is 0 Å². The maximum Gasteiger partial charge on any atom is 0.142 e. The molecule has 2 rings (SSSR count). The number of aromatic nitrogens is 2. The summed E-state index contributed by atoms with van der Waals surface area (Å²) < 4.78 is 13.7. The molecule has 0 saturated carbocycles. The fourth-order valence-electron chi connectivity index (χ4n) is 2.35. The molecular weight excluding hydrogens is 334 g/mol. The quantitative estimate of drug-likeness (QED) is 0.867. The van der Waals surface area contributed by atoms with Gasteiger partial charge in [0.15, 0.2) is 0 Å². The van der Waals surface area contributed by atoms with Crippen molar-refractivity contribution in [2.75, 3.05) is 20.8 Å². The van der Waals surface area contributed by atoms with Crippen LogP contribution in [0.15, 0.2) is 29.0 Å². The lowest BCUT2D eigenvalue weighted by atomic mass is 10.0. The Morgan fingerprint density at radius 1 is 1.33 bits per heavy atom. The number of hydrogen-bond acceptors (Lipinski definition) is 4. The molecule has 1 unspecified atom stereocenters. The average molecular weight is 354 g/mol. The summed E-state index contributed by atoms with van der Waals surface area (Å²) in [7, 11) is 5.28. The van der Waals surface area contributed by atoms with Gasteiger partial charge in [0.05, 0.1) is 20.3 Å². The fraction of sp³-hybridized carbons (Fsp3) is 0.400. The van der Waals surface area contributed by atoms with Gasteiger partial charge < -0.3 is 19.4 Å². The van der Waals surface area contributed by atoms with Gasteiger partial charge in [-0.15, -0.1) is 0 Å². The van der Waals surface area contributed by atoms with Gasteiger partial charge in [-0.25, -0.2) is 4.98 Å². The van der Waals surface area contributed by atoms with Crippen molar-refractivity contribution in [1.29, 1.82) is 0 Å². The maximum atomic E-state index is 5.58. The van der Waals surface area contributed by atoms with Crippen molar-refractivity contribution in [3.63, 3.8) is 0 Å². The van der Waals surface area contributed by atoms with Crippen LogP contribution in [-0.4, -0.2) is 30.3 Å². The van der Waals surface area contributed by atoms with E-state index in [2.05, 4.69) is 33.2 Å². The number of nitrogens with zero attached hydrogens (tertiary/aromatic N) is 2. The first-order chi connectivity index (χ1) is 10.1. The van der Waals surface area contributed by atoms with Crippen LogP contribution in [0.4, 0.5) is 0 Å². The Morgan fingerprint density at radius 2 is 2.10 bits per heavy atom. The number of hydrogen-bond donors (Lipinski definition) is 1. The molecule has 1 heterocycles. The van der Waals surface area contributed by atoms with E-state index in [-0.39, 0.29) is 6.04 Å². The number of halogens is 1. The van der Waals surface area contributed by atoms with Crippen LogP contribution in [0.2, 0.25) is 0 Å². The average Bonchev–Trinajstić information content (AvgIpc) is 2.90. The Hall–Kier alpha value is -1.53. The van der Waals surface area contributed by atoms with E-state index in [1.165, 1.54) is 0 Å². The van der Waals surface area contributed by atoms with Gasteiger partial charge in [-0.05, 0) is 34.6 Å². The van der Waals surface area contributed by atoms with E-state index in [0.717, 1.165) is 33.9 Å². The zero-order valence-electron chi connectivity index (χ0n) is 12.7. The molecule has 21 heavy (non-hydrogen) atoms. The molecule has 0 radical (unpaired) electrons. The number of imidazole rings is 1. The molecule has 0 saturated heterocycles. The molecular formula is C15H20BrN3O2. The van der Waals surface area contributed by atoms with Gasteiger partial charge in [0.25, 0.3) is 0 Å². The summed E-state index contributed by atoms with van der Waals surface area (Å²) >= 11 is 3.55. The first kappa shape index (κ1) is 15.9. The van der Waals surface area contributed by atoms with Crippen LogP contribution < -0.4 is 14.8 Å². The Bertz CT molecular complexity index is 613. The summed E-state index contributed by atoms with van der Waals surface area (Å²) in [5.74, 6) is 2.43. The van der Waals surface area contributed by atoms with E-state index < -0.39 is 0 Å². The van der Waals surface area contributed by atoms with E-state index in [1.807, 2.05) is 29.9 Å². The minimum absolute atomic E-state index is 0.0489. The summed E-state index contributed by atoms with van der Waals surface area (Å²) in [4.78, 5) is 4.46. The number of nitrogens with one attached hydrogen (secondary N) is 1. The topological polar surface area (TPSA) is 48.3 Å².